The van der Waals surface area contributed by atoms with Gasteiger partial charge in [0.25, 0.3) is 0 Å². The molecule has 20 heavy (non-hydrogen) atoms. The minimum atomic E-state index is -0.236. The molecule has 0 amide bonds. The molecule has 0 bridgehead atoms. The van der Waals surface area contributed by atoms with Crippen molar-refractivity contribution in [1.29, 1.82) is 0 Å². The van der Waals surface area contributed by atoms with E-state index in [9.17, 15) is 4.39 Å². The van der Waals surface area contributed by atoms with Gasteiger partial charge in [0.1, 0.15) is 11.6 Å². The Morgan fingerprint density at radius 1 is 1.40 bits per heavy atom. The lowest BCUT2D eigenvalue weighted by Gasteiger charge is -2.19. The number of nitrogens with one attached hydrogen (secondary N) is 1. The molecule has 5 heteroatoms. The average molecular weight is 339 g/mol. The molecular formula is C15H16BrFN2O. The summed E-state index contributed by atoms with van der Waals surface area (Å²) in [7, 11) is 3.49. The van der Waals surface area contributed by atoms with Gasteiger partial charge in [-0.1, -0.05) is 15.9 Å². The maximum absolute atomic E-state index is 13.4. The Hall–Kier alpha value is -1.46. The van der Waals surface area contributed by atoms with E-state index in [0.29, 0.717) is 6.42 Å². The molecule has 0 saturated carbocycles. The van der Waals surface area contributed by atoms with Crippen molar-refractivity contribution in [2.24, 2.45) is 0 Å². The van der Waals surface area contributed by atoms with E-state index in [0.717, 1.165) is 21.3 Å². The van der Waals surface area contributed by atoms with E-state index in [4.69, 9.17) is 4.74 Å². The zero-order valence-corrected chi connectivity index (χ0v) is 12.9. The quantitative estimate of drug-likeness (QED) is 0.905. The van der Waals surface area contributed by atoms with Gasteiger partial charge in [-0.05, 0) is 43.3 Å². The van der Waals surface area contributed by atoms with Crippen molar-refractivity contribution in [2.45, 2.75) is 12.5 Å². The fourth-order valence-electron chi connectivity index (χ4n) is 2.14. The van der Waals surface area contributed by atoms with Gasteiger partial charge in [-0.2, -0.15) is 0 Å². The van der Waals surface area contributed by atoms with E-state index >= 15 is 0 Å². The highest BCUT2D eigenvalue weighted by atomic mass is 79.9. The second-order valence-electron chi connectivity index (χ2n) is 4.40. The van der Waals surface area contributed by atoms with Gasteiger partial charge in [-0.25, -0.2) is 4.39 Å². The standard InChI is InChI=1S/C15H16BrFN2O/c1-18-14(12-5-6-19-9-15(12)20-2)8-10-7-11(17)3-4-13(10)16/h3-7,9,14,18H,8H2,1-2H3. The maximum Gasteiger partial charge on any atom is 0.141 e. The molecule has 1 heterocycles. The number of hydrogen-bond donors (Lipinski definition) is 1. The van der Waals surface area contributed by atoms with Crippen molar-refractivity contribution in [3.8, 4) is 5.75 Å². The van der Waals surface area contributed by atoms with Crippen molar-refractivity contribution in [2.75, 3.05) is 14.2 Å². The summed E-state index contributed by atoms with van der Waals surface area (Å²) in [4.78, 5) is 4.05. The highest BCUT2D eigenvalue weighted by Crippen LogP contribution is 2.29. The third kappa shape index (κ3) is 3.35. The van der Waals surface area contributed by atoms with Gasteiger partial charge in [-0.15, -0.1) is 0 Å². The lowest BCUT2D eigenvalue weighted by atomic mass is 9.99. The topological polar surface area (TPSA) is 34.2 Å². The zero-order valence-electron chi connectivity index (χ0n) is 11.4. The van der Waals surface area contributed by atoms with Crippen LogP contribution in [0.2, 0.25) is 0 Å². The van der Waals surface area contributed by atoms with Crippen LogP contribution in [0.1, 0.15) is 17.2 Å². The van der Waals surface area contributed by atoms with E-state index < -0.39 is 0 Å². The predicted molar refractivity (Wildman–Crippen MR) is 80.4 cm³/mol. The Bertz CT molecular complexity index is 592. The van der Waals surface area contributed by atoms with Gasteiger partial charge in [-0.3, -0.25) is 4.98 Å². The molecule has 2 rings (SSSR count). The molecule has 1 atom stereocenters. The summed E-state index contributed by atoms with van der Waals surface area (Å²) in [5, 5.41) is 3.24. The molecule has 1 aromatic heterocycles. The van der Waals surface area contributed by atoms with Crippen LogP contribution in [0, 0.1) is 5.82 Å². The van der Waals surface area contributed by atoms with Crippen LogP contribution in [0.15, 0.2) is 41.1 Å². The Kier molecular flexibility index (Phi) is 5.09. The molecule has 0 saturated heterocycles. The summed E-state index contributed by atoms with van der Waals surface area (Å²) < 4.78 is 19.6. The molecule has 2 aromatic rings. The highest BCUT2D eigenvalue weighted by molar-refractivity contribution is 9.10. The third-order valence-electron chi connectivity index (χ3n) is 3.19. The predicted octanol–water partition coefficient (Wildman–Crippen LogP) is 3.50. The van der Waals surface area contributed by atoms with Gasteiger partial charge in [0.05, 0.1) is 13.3 Å². The van der Waals surface area contributed by atoms with Crippen LogP contribution >= 0.6 is 15.9 Å². The molecule has 106 valence electrons. The number of ether oxygens (including phenoxy) is 1. The van der Waals surface area contributed by atoms with Crippen molar-refractivity contribution in [3.63, 3.8) is 0 Å². The van der Waals surface area contributed by atoms with Crippen LogP contribution in [0.3, 0.4) is 0 Å². The van der Waals surface area contributed by atoms with Crippen LogP contribution in [0.5, 0.6) is 5.75 Å². The number of methoxy groups -OCH3 is 1. The molecule has 1 unspecified atom stereocenters. The van der Waals surface area contributed by atoms with Gasteiger partial charge in [0.15, 0.2) is 0 Å². The molecular weight excluding hydrogens is 323 g/mol. The molecule has 0 aliphatic heterocycles. The van der Waals surface area contributed by atoms with Crippen molar-refractivity contribution in [1.82, 2.24) is 10.3 Å². The number of nitrogens with zero attached hydrogens (tertiary/aromatic N) is 1. The highest BCUT2D eigenvalue weighted by Gasteiger charge is 2.16. The number of aromatic nitrogens is 1. The maximum atomic E-state index is 13.4. The Labute approximate surface area is 126 Å². The molecule has 0 aliphatic rings. The number of likely N-dealkylation sites (N-methyl/N-ethyl adjacent to an activating group) is 1. The van der Waals surface area contributed by atoms with E-state index in [-0.39, 0.29) is 11.9 Å². The van der Waals surface area contributed by atoms with Gasteiger partial charge >= 0.3 is 0 Å². The van der Waals surface area contributed by atoms with E-state index in [1.165, 1.54) is 6.07 Å². The number of pyridine rings is 1. The molecule has 1 aromatic carbocycles. The third-order valence-corrected chi connectivity index (χ3v) is 3.97. The van der Waals surface area contributed by atoms with Crippen LogP contribution in [-0.2, 0) is 6.42 Å². The molecule has 1 N–H and O–H groups in total. The first-order valence-corrected chi connectivity index (χ1v) is 7.04. The number of halogens is 2. The fraction of sp³-hybridized carbons (Fsp3) is 0.267. The first-order chi connectivity index (χ1) is 9.65. The summed E-state index contributed by atoms with van der Waals surface area (Å²) in [5.74, 6) is 0.485. The van der Waals surface area contributed by atoms with E-state index in [2.05, 4.69) is 26.2 Å². The second-order valence-corrected chi connectivity index (χ2v) is 5.25. The summed E-state index contributed by atoms with van der Waals surface area (Å²) in [6.07, 6.45) is 4.05. The van der Waals surface area contributed by atoms with Gasteiger partial charge < -0.3 is 10.1 Å². The largest absolute Gasteiger partial charge is 0.495 e. The smallest absolute Gasteiger partial charge is 0.141 e. The van der Waals surface area contributed by atoms with E-state index in [1.807, 2.05) is 13.1 Å². The lowest BCUT2D eigenvalue weighted by Crippen LogP contribution is -2.20. The van der Waals surface area contributed by atoms with Crippen LogP contribution in [-0.4, -0.2) is 19.1 Å². The Morgan fingerprint density at radius 2 is 2.20 bits per heavy atom. The van der Waals surface area contributed by atoms with Crippen LogP contribution < -0.4 is 10.1 Å². The summed E-state index contributed by atoms with van der Waals surface area (Å²) in [5.41, 5.74) is 1.91. The zero-order chi connectivity index (χ0) is 14.5. The van der Waals surface area contributed by atoms with Crippen LogP contribution in [0.25, 0.3) is 0 Å². The van der Waals surface area contributed by atoms with Gasteiger partial charge in [0, 0.05) is 22.3 Å². The van der Waals surface area contributed by atoms with Crippen molar-refractivity contribution >= 4 is 15.9 Å². The second kappa shape index (κ2) is 6.81. The first kappa shape index (κ1) is 14.9. The van der Waals surface area contributed by atoms with Crippen LogP contribution in [0.4, 0.5) is 4.39 Å². The monoisotopic (exact) mass is 338 g/mol. The summed E-state index contributed by atoms with van der Waals surface area (Å²) in [6.45, 7) is 0. The van der Waals surface area contributed by atoms with Crippen molar-refractivity contribution in [3.05, 3.63) is 58.1 Å². The number of benzene rings is 1. The molecule has 0 aliphatic carbocycles. The number of rotatable bonds is 5. The molecule has 3 nitrogen and oxygen atoms in total. The molecule has 0 spiro atoms. The minimum absolute atomic E-state index is 0.0195. The van der Waals surface area contributed by atoms with Crippen molar-refractivity contribution < 1.29 is 9.13 Å². The van der Waals surface area contributed by atoms with Gasteiger partial charge in [0.2, 0.25) is 0 Å². The SMILES string of the molecule is CNC(Cc1cc(F)ccc1Br)c1ccncc1OC. The Morgan fingerprint density at radius 3 is 2.90 bits per heavy atom. The normalized spacial score (nSPS) is 12.2. The lowest BCUT2D eigenvalue weighted by molar-refractivity contribution is 0.399. The molecule has 0 radical (unpaired) electrons. The number of hydrogen-bond acceptors (Lipinski definition) is 3. The van der Waals surface area contributed by atoms with E-state index in [1.54, 1.807) is 31.6 Å². The Balaban J connectivity index is 2.31. The average Bonchev–Trinajstić information content (AvgIpc) is 2.48. The summed E-state index contributed by atoms with van der Waals surface area (Å²) >= 11 is 3.46. The minimum Gasteiger partial charge on any atom is -0.495 e. The molecule has 0 fully saturated rings. The summed E-state index contributed by atoms with van der Waals surface area (Å²) in [6, 6.07) is 6.64. The fourth-order valence-corrected chi connectivity index (χ4v) is 2.54. The first-order valence-electron chi connectivity index (χ1n) is 6.24.